The summed E-state index contributed by atoms with van der Waals surface area (Å²) in [4.78, 5) is 0. The molecule has 1 aliphatic rings. The van der Waals surface area contributed by atoms with Crippen LogP contribution in [-0.2, 0) is 9.11 Å². The molecule has 1 aliphatic heterocycles. The van der Waals surface area contributed by atoms with Crippen molar-refractivity contribution in [3.05, 3.63) is 127 Å². The molecule has 1 fully saturated rings. The minimum Gasteiger partial charge on any atom is -0.368 e. The largest absolute Gasteiger partial charge is 0.368 e. The van der Waals surface area contributed by atoms with Gasteiger partial charge in [-0.3, -0.25) is 0 Å². The maximum atomic E-state index is 6.38. The van der Waals surface area contributed by atoms with Crippen LogP contribution in [0.3, 0.4) is 0 Å². The van der Waals surface area contributed by atoms with Crippen molar-refractivity contribution in [1.82, 2.24) is 0 Å². The molecule has 3 heteroatoms. The van der Waals surface area contributed by atoms with Crippen molar-refractivity contribution >= 4 is 35.4 Å². The summed E-state index contributed by atoms with van der Waals surface area (Å²) in [5.74, 6) is 0. The highest BCUT2D eigenvalue weighted by atomic mass is 32.2. The van der Waals surface area contributed by atoms with Gasteiger partial charge < -0.3 is 4.74 Å². The fourth-order valence-electron chi connectivity index (χ4n) is 5.52. The minimum absolute atomic E-state index is 0.0603. The van der Waals surface area contributed by atoms with Crippen molar-refractivity contribution in [2.75, 3.05) is 6.61 Å². The van der Waals surface area contributed by atoms with E-state index in [0.29, 0.717) is 0 Å². The van der Waals surface area contributed by atoms with Gasteiger partial charge in [0.25, 0.3) is 0 Å². The predicted octanol–water partition coefficient (Wildman–Crippen LogP) is 5.87. The molecule has 0 spiro atoms. The molecule has 0 unspecified atom stereocenters. The summed E-state index contributed by atoms with van der Waals surface area (Å²) in [7, 11) is -2.54. The van der Waals surface area contributed by atoms with Gasteiger partial charge in [-0.05, 0) is 27.5 Å². The predicted molar refractivity (Wildman–Crippen MR) is 149 cm³/mol. The van der Waals surface area contributed by atoms with Gasteiger partial charge in [-0.2, -0.15) is 0 Å². The first kappa shape index (κ1) is 23.2. The van der Waals surface area contributed by atoms with E-state index in [9.17, 15) is 0 Å². The second kappa shape index (κ2) is 10.3. The van der Waals surface area contributed by atoms with Gasteiger partial charge in [-0.1, -0.05) is 135 Å². The minimum atomic E-state index is -2.54. The SMILES string of the molecule is CCCCO[C@H]1C[C@](c2ccccc2)([Si](c2ccccc2)(c2ccccc2)c2ccccc2)S1. The lowest BCUT2D eigenvalue weighted by molar-refractivity contribution is 0.0881. The molecule has 4 aromatic carbocycles. The Hall–Kier alpha value is -2.59. The summed E-state index contributed by atoms with van der Waals surface area (Å²) in [6, 6.07) is 45.1. The van der Waals surface area contributed by atoms with Crippen molar-refractivity contribution in [1.29, 1.82) is 0 Å². The highest BCUT2D eigenvalue weighted by Gasteiger charge is 2.64. The summed E-state index contributed by atoms with van der Waals surface area (Å²) in [6.45, 7) is 3.07. The molecule has 0 radical (unpaired) electrons. The van der Waals surface area contributed by atoms with E-state index in [1.165, 1.54) is 21.1 Å². The van der Waals surface area contributed by atoms with Crippen LogP contribution < -0.4 is 15.6 Å². The van der Waals surface area contributed by atoms with Crippen LogP contribution in [0.25, 0.3) is 0 Å². The molecule has 0 bridgehead atoms. The van der Waals surface area contributed by atoms with Gasteiger partial charge in [-0.15, -0.1) is 11.8 Å². The molecule has 0 aliphatic carbocycles. The molecule has 4 aromatic rings. The summed E-state index contributed by atoms with van der Waals surface area (Å²) in [5.41, 5.74) is 1.65. The molecule has 2 atom stereocenters. The molecular formula is C31H32OSSi. The summed E-state index contributed by atoms with van der Waals surface area (Å²) in [6.07, 6.45) is 3.31. The third-order valence-electron chi connectivity index (χ3n) is 7.05. The Labute approximate surface area is 209 Å². The van der Waals surface area contributed by atoms with E-state index < -0.39 is 8.07 Å². The van der Waals surface area contributed by atoms with E-state index in [2.05, 4.69) is 140 Å². The zero-order chi connectivity index (χ0) is 23.3. The molecule has 1 saturated heterocycles. The summed E-state index contributed by atoms with van der Waals surface area (Å²) in [5, 5.41) is 4.36. The van der Waals surface area contributed by atoms with Crippen LogP contribution in [0.5, 0.6) is 0 Å². The normalized spacial score (nSPS) is 20.0. The van der Waals surface area contributed by atoms with Crippen molar-refractivity contribution in [2.24, 2.45) is 0 Å². The number of thioether (sulfide) groups is 1. The number of hydrogen-bond acceptors (Lipinski definition) is 2. The molecule has 0 aromatic heterocycles. The Morgan fingerprint density at radius 3 is 1.53 bits per heavy atom. The molecule has 1 heterocycles. The van der Waals surface area contributed by atoms with Crippen molar-refractivity contribution in [2.45, 2.75) is 36.0 Å². The molecule has 0 amide bonds. The van der Waals surface area contributed by atoms with E-state index in [-0.39, 0.29) is 9.81 Å². The van der Waals surface area contributed by atoms with Gasteiger partial charge in [0.1, 0.15) is 5.44 Å². The first-order valence-electron chi connectivity index (χ1n) is 12.3. The molecule has 1 nitrogen and oxygen atoms in total. The zero-order valence-electron chi connectivity index (χ0n) is 19.8. The van der Waals surface area contributed by atoms with E-state index >= 15 is 0 Å². The maximum absolute atomic E-state index is 6.38. The van der Waals surface area contributed by atoms with E-state index in [1.54, 1.807) is 0 Å². The van der Waals surface area contributed by atoms with Crippen LogP contribution in [0.2, 0.25) is 0 Å². The smallest absolute Gasteiger partial charge is 0.168 e. The molecular weight excluding hydrogens is 448 g/mol. The van der Waals surface area contributed by atoms with Crippen LogP contribution in [0.1, 0.15) is 31.7 Å². The topological polar surface area (TPSA) is 9.23 Å². The summed E-state index contributed by atoms with van der Waals surface area (Å²) >= 11 is 2.06. The number of benzene rings is 4. The van der Waals surface area contributed by atoms with Gasteiger partial charge in [0, 0.05) is 13.0 Å². The van der Waals surface area contributed by atoms with E-state index in [0.717, 1.165) is 25.9 Å². The Morgan fingerprint density at radius 2 is 1.12 bits per heavy atom. The zero-order valence-corrected chi connectivity index (χ0v) is 21.6. The summed E-state index contributed by atoms with van der Waals surface area (Å²) < 4.78 is 6.32. The Bertz CT molecular complexity index is 1060. The number of ether oxygens (including phenoxy) is 1. The van der Waals surface area contributed by atoms with Crippen molar-refractivity contribution < 1.29 is 4.74 Å². The Balaban J connectivity index is 1.77. The van der Waals surface area contributed by atoms with Crippen LogP contribution in [0.15, 0.2) is 121 Å². The highest BCUT2D eigenvalue weighted by molar-refractivity contribution is 8.04. The number of hydrogen-bond donors (Lipinski definition) is 0. The second-order valence-corrected chi connectivity index (χ2v) is 14.9. The Kier molecular flexibility index (Phi) is 7.05. The molecule has 0 N–H and O–H groups in total. The maximum Gasteiger partial charge on any atom is 0.168 e. The lowest BCUT2D eigenvalue weighted by Crippen LogP contribution is -2.80. The molecule has 5 rings (SSSR count). The van der Waals surface area contributed by atoms with Crippen LogP contribution in [0.4, 0.5) is 0 Å². The monoisotopic (exact) mass is 480 g/mol. The van der Waals surface area contributed by atoms with Gasteiger partial charge in [0.05, 0.1) is 4.37 Å². The number of rotatable bonds is 9. The lowest BCUT2D eigenvalue weighted by atomic mass is 10.1. The van der Waals surface area contributed by atoms with Gasteiger partial charge >= 0.3 is 0 Å². The van der Waals surface area contributed by atoms with Crippen molar-refractivity contribution in [3.63, 3.8) is 0 Å². The van der Waals surface area contributed by atoms with Crippen LogP contribution in [-0.4, -0.2) is 20.1 Å². The van der Waals surface area contributed by atoms with Crippen LogP contribution in [0, 0.1) is 0 Å². The quantitative estimate of drug-likeness (QED) is 0.168. The van der Waals surface area contributed by atoms with Crippen molar-refractivity contribution in [3.8, 4) is 0 Å². The third kappa shape index (κ3) is 3.96. The second-order valence-electron chi connectivity index (χ2n) is 9.02. The van der Waals surface area contributed by atoms with Gasteiger partial charge in [0.2, 0.25) is 0 Å². The van der Waals surface area contributed by atoms with Crippen LogP contribution >= 0.6 is 11.8 Å². The average molecular weight is 481 g/mol. The van der Waals surface area contributed by atoms with Gasteiger partial charge in [-0.25, -0.2) is 0 Å². The first-order valence-corrected chi connectivity index (χ1v) is 15.2. The lowest BCUT2D eigenvalue weighted by Gasteiger charge is -2.58. The standard InChI is InChI=1S/C31H32OSSi/c1-2-3-24-32-30-25-31(33-30,26-16-8-4-9-17-26)34(27-18-10-5-11-19-27,28-20-12-6-13-21-28)29-22-14-7-15-23-29/h4-23,30H,2-3,24-25H2,1H3/t30-,31-/m1/s1. The molecule has 0 saturated carbocycles. The van der Waals surface area contributed by atoms with E-state index in [4.69, 9.17) is 4.74 Å². The first-order chi connectivity index (χ1) is 16.8. The highest BCUT2D eigenvalue weighted by Crippen LogP contribution is 2.59. The fourth-order valence-corrected chi connectivity index (χ4v) is 14.6. The van der Waals surface area contributed by atoms with E-state index in [1.807, 2.05) is 0 Å². The van der Waals surface area contributed by atoms with Gasteiger partial charge in [0.15, 0.2) is 8.07 Å². The molecule has 34 heavy (non-hydrogen) atoms. The molecule has 172 valence electrons. The number of unbranched alkanes of at least 4 members (excludes halogenated alkanes) is 1. The Morgan fingerprint density at radius 1 is 0.706 bits per heavy atom. The fraction of sp³-hybridized carbons (Fsp3) is 0.226. The third-order valence-corrected chi connectivity index (χ3v) is 15.0. The average Bonchev–Trinajstić information content (AvgIpc) is 2.89.